The topological polar surface area (TPSA) is 49.9 Å². The molecule has 5 heteroatoms. The molecule has 0 N–H and O–H groups in total. The molecule has 2 aliphatic rings. The number of benzene rings is 2. The Balaban J connectivity index is 1.35. The molecular formula is C25H30N2O3. The molecule has 2 heterocycles. The largest absolute Gasteiger partial charge is 0.493 e. The minimum Gasteiger partial charge on any atom is -0.493 e. The van der Waals surface area contributed by atoms with Crippen molar-refractivity contribution in [1.82, 2.24) is 9.80 Å². The van der Waals surface area contributed by atoms with Crippen LogP contribution in [0.1, 0.15) is 52.0 Å². The molecule has 30 heavy (non-hydrogen) atoms. The molecule has 2 amide bonds. The van der Waals surface area contributed by atoms with Crippen LogP contribution in [-0.4, -0.2) is 54.4 Å². The van der Waals surface area contributed by atoms with Crippen LogP contribution < -0.4 is 4.74 Å². The number of rotatable bonds is 5. The summed E-state index contributed by atoms with van der Waals surface area (Å²) in [4.78, 5) is 29.4. The highest BCUT2D eigenvalue weighted by Crippen LogP contribution is 2.23. The van der Waals surface area contributed by atoms with Crippen molar-refractivity contribution in [2.45, 2.75) is 32.6 Å². The Morgan fingerprint density at radius 1 is 0.933 bits per heavy atom. The molecule has 2 aromatic carbocycles. The van der Waals surface area contributed by atoms with Crippen LogP contribution in [-0.2, 0) is 0 Å². The van der Waals surface area contributed by atoms with Crippen LogP contribution in [0.3, 0.4) is 0 Å². The number of nitrogens with zero attached hydrogens (tertiary/aromatic N) is 2. The van der Waals surface area contributed by atoms with E-state index in [9.17, 15) is 9.59 Å². The van der Waals surface area contributed by atoms with Crippen molar-refractivity contribution in [3.05, 3.63) is 65.2 Å². The monoisotopic (exact) mass is 406 g/mol. The van der Waals surface area contributed by atoms with Crippen molar-refractivity contribution < 1.29 is 14.3 Å². The zero-order valence-corrected chi connectivity index (χ0v) is 17.7. The highest BCUT2D eigenvalue weighted by Gasteiger charge is 2.26. The van der Waals surface area contributed by atoms with E-state index in [4.69, 9.17) is 4.74 Å². The van der Waals surface area contributed by atoms with Crippen molar-refractivity contribution in [1.29, 1.82) is 0 Å². The summed E-state index contributed by atoms with van der Waals surface area (Å²) < 4.78 is 6.05. The number of likely N-dealkylation sites (tertiary alicyclic amines) is 2. The molecule has 4 rings (SSSR count). The van der Waals surface area contributed by atoms with E-state index in [1.165, 1.54) is 0 Å². The molecule has 0 spiro atoms. The molecule has 0 unspecified atom stereocenters. The lowest BCUT2D eigenvalue weighted by Gasteiger charge is -2.33. The van der Waals surface area contributed by atoms with Crippen LogP contribution in [0.5, 0.6) is 5.75 Å². The Morgan fingerprint density at radius 2 is 1.70 bits per heavy atom. The summed E-state index contributed by atoms with van der Waals surface area (Å²) in [6.07, 6.45) is 4.20. The Morgan fingerprint density at radius 3 is 2.50 bits per heavy atom. The Bertz CT molecular complexity index is 905. The fourth-order valence-electron chi connectivity index (χ4n) is 4.40. The molecule has 0 aromatic heterocycles. The number of hydrogen-bond donors (Lipinski definition) is 0. The molecule has 2 aromatic rings. The van der Waals surface area contributed by atoms with Gasteiger partial charge in [0.15, 0.2) is 0 Å². The number of carbonyl (C=O) groups is 2. The van der Waals surface area contributed by atoms with Crippen molar-refractivity contribution >= 4 is 11.8 Å². The molecule has 2 aliphatic heterocycles. The van der Waals surface area contributed by atoms with Gasteiger partial charge in [-0.1, -0.05) is 24.3 Å². The van der Waals surface area contributed by atoms with E-state index >= 15 is 0 Å². The maximum atomic E-state index is 12.9. The van der Waals surface area contributed by atoms with Gasteiger partial charge in [-0.25, -0.2) is 0 Å². The maximum Gasteiger partial charge on any atom is 0.254 e. The lowest BCUT2D eigenvalue weighted by Crippen LogP contribution is -2.41. The van der Waals surface area contributed by atoms with Crippen molar-refractivity contribution in [2.75, 3.05) is 32.8 Å². The van der Waals surface area contributed by atoms with Gasteiger partial charge in [0, 0.05) is 43.2 Å². The summed E-state index contributed by atoms with van der Waals surface area (Å²) >= 11 is 0. The van der Waals surface area contributed by atoms with Gasteiger partial charge in [-0.15, -0.1) is 0 Å². The second-order valence-corrected chi connectivity index (χ2v) is 8.41. The van der Waals surface area contributed by atoms with E-state index < -0.39 is 0 Å². The lowest BCUT2D eigenvalue weighted by molar-refractivity contribution is 0.0631. The molecule has 0 aliphatic carbocycles. The average molecular weight is 407 g/mol. The number of hydrogen-bond acceptors (Lipinski definition) is 3. The van der Waals surface area contributed by atoms with Gasteiger partial charge in [0.2, 0.25) is 0 Å². The molecule has 0 bridgehead atoms. The summed E-state index contributed by atoms with van der Waals surface area (Å²) in [5, 5.41) is 0. The van der Waals surface area contributed by atoms with Crippen LogP contribution in [0.15, 0.2) is 48.5 Å². The van der Waals surface area contributed by atoms with E-state index in [0.29, 0.717) is 24.6 Å². The van der Waals surface area contributed by atoms with E-state index in [0.717, 1.165) is 62.2 Å². The van der Waals surface area contributed by atoms with Gasteiger partial charge in [-0.05, 0) is 62.4 Å². The molecule has 1 atom stereocenters. The number of ether oxygens (including phenoxy) is 1. The predicted octanol–water partition coefficient (Wildman–Crippen LogP) is 4.16. The SMILES string of the molecule is Cc1ccccc1C(=O)N1CCC[C@H](COc2cccc(C(=O)N3CCCC3)c2)C1. The second kappa shape index (κ2) is 9.33. The third kappa shape index (κ3) is 4.66. The highest BCUT2D eigenvalue weighted by molar-refractivity contribution is 5.96. The van der Waals surface area contributed by atoms with Gasteiger partial charge in [-0.2, -0.15) is 0 Å². The molecule has 158 valence electrons. The highest BCUT2D eigenvalue weighted by atomic mass is 16.5. The van der Waals surface area contributed by atoms with Gasteiger partial charge in [0.1, 0.15) is 5.75 Å². The van der Waals surface area contributed by atoms with Crippen LogP contribution in [0.2, 0.25) is 0 Å². The van der Waals surface area contributed by atoms with E-state index in [2.05, 4.69) is 0 Å². The Hall–Kier alpha value is -2.82. The minimum absolute atomic E-state index is 0.0885. The number of amides is 2. The first-order chi connectivity index (χ1) is 14.6. The normalized spacial score (nSPS) is 19.0. The lowest BCUT2D eigenvalue weighted by atomic mass is 9.97. The molecule has 2 saturated heterocycles. The molecule has 2 fully saturated rings. The first-order valence-corrected chi connectivity index (χ1v) is 11.0. The Kier molecular flexibility index (Phi) is 6.36. The molecule has 0 saturated carbocycles. The predicted molar refractivity (Wildman–Crippen MR) is 117 cm³/mol. The summed E-state index contributed by atoms with van der Waals surface area (Å²) in [5.41, 5.74) is 2.49. The van der Waals surface area contributed by atoms with Crippen molar-refractivity contribution in [3.8, 4) is 5.75 Å². The fraction of sp³-hybridized carbons (Fsp3) is 0.440. The number of carbonyl (C=O) groups excluding carboxylic acids is 2. The Labute approximate surface area is 178 Å². The van der Waals surface area contributed by atoms with Gasteiger partial charge in [0.25, 0.3) is 11.8 Å². The zero-order chi connectivity index (χ0) is 20.9. The van der Waals surface area contributed by atoms with Gasteiger partial charge < -0.3 is 14.5 Å². The quantitative estimate of drug-likeness (QED) is 0.749. The average Bonchev–Trinajstić information content (AvgIpc) is 3.32. The number of aryl methyl sites for hydroxylation is 1. The second-order valence-electron chi connectivity index (χ2n) is 8.41. The van der Waals surface area contributed by atoms with E-state index in [-0.39, 0.29) is 11.8 Å². The third-order valence-electron chi connectivity index (χ3n) is 6.14. The van der Waals surface area contributed by atoms with Crippen molar-refractivity contribution in [3.63, 3.8) is 0 Å². The van der Waals surface area contributed by atoms with Crippen LogP contribution >= 0.6 is 0 Å². The maximum absolute atomic E-state index is 12.9. The van der Waals surface area contributed by atoms with Gasteiger partial charge in [0.05, 0.1) is 6.61 Å². The zero-order valence-electron chi connectivity index (χ0n) is 17.7. The molecule has 0 radical (unpaired) electrons. The summed E-state index contributed by atoms with van der Waals surface area (Å²) in [7, 11) is 0. The van der Waals surface area contributed by atoms with Crippen molar-refractivity contribution in [2.24, 2.45) is 5.92 Å². The first kappa shape index (κ1) is 20.5. The fourth-order valence-corrected chi connectivity index (χ4v) is 4.40. The van der Waals surface area contributed by atoms with E-state index in [1.807, 2.05) is 65.3 Å². The van der Waals surface area contributed by atoms with Crippen LogP contribution in [0.4, 0.5) is 0 Å². The molecule has 5 nitrogen and oxygen atoms in total. The summed E-state index contributed by atoms with van der Waals surface area (Å²) in [6.45, 7) is 5.73. The number of piperidine rings is 1. The van der Waals surface area contributed by atoms with Crippen LogP contribution in [0.25, 0.3) is 0 Å². The standard InChI is InChI=1S/C25H30N2O3/c1-19-8-2-3-12-23(19)25(29)27-15-7-9-20(17-27)18-30-22-11-6-10-21(16-22)24(28)26-13-4-5-14-26/h2-3,6,8,10-12,16,20H,4-5,7,9,13-15,17-18H2,1H3/t20-/m0/s1. The first-order valence-electron chi connectivity index (χ1n) is 11.0. The summed E-state index contributed by atoms with van der Waals surface area (Å²) in [6, 6.07) is 15.3. The molecular weight excluding hydrogens is 376 g/mol. The van der Waals surface area contributed by atoms with Crippen LogP contribution in [0, 0.1) is 12.8 Å². The van der Waals surface area contributed by atoms with E-state index in [1.54, 1.807) is 0 Å². The minimum atomic E-state index is 0.0885. The van der Waals surface area contributed by atoms with Gasteiger partial charge >= 0.3 is 0 Å². The third-order valence-corrected chi connectivity index (χ3v) is 6.14. The smallest absolute Gasteiger partial charge is 0.254 e. The van der Waals surface area contributed by atoms with Gasteiger partial charge in [-0.3, -0.25) is 9.59 Å². The summed E-state index contributed by atoms with van der Waals surface area (Å²) in [5.74, 6) is 1.22.